The lowest BCUT2D eigenvalue weighted by molar-refractivity contribution is -0.182. The van der Waals surface area contributed by atoms with Gasteiger partial charge in [0.15, 0.2) is 0 Å². The van der Waals surface area contributed by atoms with Gasteiger partial charge in [-0.25, -0.2) is 12.7 Å². The second kappa shape index (κ2) is 7.63. The number of halogens is 3. The van der Waals surface area contributed by atoms with Crippen molar-refractivity contribution >= 4 is 10.0 Å². The van der Waals surface area contributed by atoms with Gasteiger partial charge in [-0.15, -0.1) is 0 Å². The van der Waals surface area contributed by atoms with Crippen molar-refractivity contribution in [2.24, 2.45) is 5.92 Å². The minimum atomic E-state index is -4.09. The molecule has 1 aliphatic carbocycles. The van der Waals surface area contributed by atoms with Crippen LogP contribution in [0.5, 0.6) is 0 Å². The summed E-state index contributed by atoms with van der Waals surface area (Å²) in [5.41, 5.74) is 0.913. The molecule has 142 valence electrons. The number of alkyl halides is 3. The van der Waals surface area contributed by atoms with Crippen LogP contribution in [0.2, 0.25) is 0 Å². The molecule has 0 saturated heterocycles. The molecule has 0 aliphatic heterocycles. The van der Waals surface area contributed by atoms with Gasteiger partial charge < -0.3 is 5.32 Å². The van der Waals surface area contributed by atoms with Crippen LogP contribution in [-0.4, -0.2) is 39.0 Å². The van der Waals surface area contributed by atoms with Gasteiger partial charge in [0, 0.05) is 26.2 Å². The van der Waals surface area contributed by atoms with Gasteiger partial charge in [-0.05, 0) is 50.3 Å². The average Bonchev–Trinajstić information content (AvgIpc) is 2.54. The van der Waals surface area contributed by atoms with Gasteiger partial charge in [0.2, 0.25) is 10.0 Å². The maximum absolute atomic E-state index is 12.7. The minimum Gasteiger partial charge on any atom is -0.307 e. The van der Waals surface area contributed by atoms with Crippen molar-refractivity contribution in [2.75, 3.05) is 14.1 Å². The number of benzene rings is 1. The molecule has 1 unspecified atom stereocenters. The Balaban J connectivity index is 1.95. The number of hydrogen-bond acceptors (Lipinski definition) is 3. The molecule has 1 fully saturated rings. The van der Waals surface area contributed by atoms with Gasteiger partial charge in [0.1, 0.15) is 0 Å². The molecule has 0 amide bonds. The Hall–Kier alpha value is -1.12. The topological polar surface area (TPSA) is 49.4 Å². The first-order valence-corrected chi connectivity index (χ1v) is 9.81. The number of hydrogen-bond donors (Lipinski definition) is 1. The second-order valence-electron chi connectivity index (χ2n) is 6.83. The molecule has 0 aromatic heterocycles. The monoisotopic (exact) mass is 378 g/mol. The summed E-state index contributed by atoms with van der Waals surface area (Å²) >= 11 is 0. The predicted octanol–water partition coefficient (Wildman–Crippen LogP) is 3.71. The molecule has 1 aromatic carbocycles. The van der Waals surface area contributed by atoms with Gasteiger partial charge in [-0.2, -0.15) is 13.2 Å². The number of nitrogens with zero attached hydrogens (tertiary/aromatic N) is 1. The molecule has 1 atom stereocenters. The summed E-state index contributed by atoms with van der Waals surface area (Å²) in [4.78, 5) is 0.221. The summed E-state index contributed by atoms with van der Waals surface area (Å²) in [6.45, 7) is 1.94. The molecule has 0 spiro atoms. The largest absolute Gasteiger partial charge is 0.391 e. The van der Waals surface area contributed by atoms with E-state index in [0.29, 0.717) is 12.8 Å². The maximum atomic E-state index is 12.7. The first-order valence-electron chi connectivity index (χ1n) is 8.37. The Kier molecular flexibility index (Phi) is 6.17. The van der Waals surface area contributed by atoms with Crippen LogP contribution in [0.1, 0.15) is 44.2 Å². The summed E-state index contributed by atoms with van der Waals surface area (Å²) in [6.07, 6.45) is -2.77. The van der Waals surface area contributed by atoms with Crippen molar-refractivity contribution in [3.63, 3.8) is 0 Å². The quantitative estimate of drug-likeness (QED) is 0.850. The fourth-order valence-electron chi connectivity index (χ4n) is 3.18. The van der Waals surface area contributed by atoms with E-state index in [9.17, 15) is 21.6 Å². The molecule has 4 nitrogen and oxygen atoms in total. The van der Waals surface area contributed by atoms with E-state index < -0.39 is 22.1 Å². The van der Waals surface area contributed by atoms with Crippen LogP contribution >= 0.6 is 0 Å². The Morgan fingerprint density at radius 1 is 1.08 bits per heavy atom. The molecule has 1 aromatic rings. The standard InChI is InChI=1S/C17H25F3N2O2S/c1-12(21-15-8-6-14(7-9-15)17(18,19)20)13-4-10-16(11-5-13)25(23,24)22(2)3/h4-5,10-12,14-15,21H,6-9H2,1-3H3. The van der Waals surface area contributed by atoms with Gasteiger partial charge in [0.25, 0.3) is 0 Å². The highest BCUT2D eigenvalue weighted by atomic mass is 32.2. The van der Waals surface area contributed by atoms with E-state index in [4.69, 9.17) is 0 Å². The van der Waals surface area contributed by atoms with Crippen molar-refractivity contribution in [1.29, 1.82) is 0 Å². The van der Waals surface area contributed by atoms with E-state index in [0.717, 1.165) is 9.87 Å². The van der Waals surface area contributed by atoms with Crippen LogP contribution in [-0.2, 0) is 10.0 Å². The zero-order valence-corrected chi connectivity index (χ0v) is 15.5. The first-order chi connectivity index (χ1) is 11.5. The first kappa shape index (κ1) is 20.2. The van der Waals surface area contributed by atoms with Gasteiger partial charge in [-0.3, -0.25) is 0 Å². The van der Waals surface area contributed by atoms with Crippen LogP contribution in [0.4, 0.5) is 13.2 Å². The highest BCUT2D eigenvalue weighted by molar-refractivity contribution is 7.89. The van der Waals surface area contributed by atoms with Gasteiger partial charge >= 0.3 is 6.18 Å². The zero-order valence-electron chi connectivity index (χ0n) is 14.7. The van der Waals surface area contributed by atoms with E-state index in [1.807, 2.05) is 6.92 Å². The van der Waals surface area contributed by atoms with Crippen LogP contribution < -0.4 is 5.32 Å². The van der Waals surface area contributed by atoms with Gasteiger partial charge in [0.05, 0.1) is 10.8 Å². The Labute approximate surface area is 147 Å². The third-order valence-corrected chi connectivity index (χ3v) is 6.66. The molecule has 1 saturated carbocycles. The van der Waals surface area contributed by atoms with E-state index >= 15 is 0 Å². The SMILES string of the molecule is CC(NC1CCC(C(F)(F)F)CC1)c1ccc(S(=O)(=O)N(C)C)cc1. The summed E-state index contributed by atoms with van der Waals surface area (Å²) in [7, 11) is -0.507. The molecular weight excluding hydrogens is 353 g/mol. The molecule has 25 heavy (non-hydrogen) atoms. The molecule has 1 aliphatic rings. The van der Waals surface area contributed by atoms with Crippen LogP contribution in [0.25, 0.3) is 0 Å². The average molecular weight is 378 g/mol. The summed E-state index contributed by atoms with van der Waals surface area (Å²) in [5, 5.41) is 3.36. The number of sulfonamides is 1. The molecule has 0 heterocycles. The highest BCUT2D eigenvalue weighted by Gasteiger charge is 2.41. The summed E-state index contributed by atoms with van der Waals surface area (Å²) in [6, 6.07) is 6.61. The summed E-state index contributed by atoms with van der Waals surface area (Å²) in [5.74, 6) is -1.18. The van der Waals surface area contributed by atoms with E-state index in [2.05, 4.69) is 5.32 Å². The Morgan fingerprint density at radius 2 is 1.60 bits per heavy atom. The molecule has 1 N–H and O–H groups in total. The Bertz CT molecular complexity index is 664. The van der Waals surface area contributed by atoms with Crippen LogP contribution in [0.15, 0.2) is 29.2 Å². The zero-order chi connectivity index (χ0) is 18.8. The molecule has 0 radical (unpaired) electrons. The molecular formula is C17H25F3N2O2S. The van der Waals surface area contributed by atoms with Crippen LogP contribution in [0.3, 0.4) is 0 Å². The smallest absolute Gasteiger partial charge is 0.307 e. The lowest BCUT2D eigenvalue weighted by Gasteiger charge is -2.32. The molecule has 2 rings (SSSR count). The number of rotatable bonds is 5. The fraction of sp³-hybridized carbons (Fsp3) is 0.647. The third-order valence-electron chi connectivity index (χ3n) is 4.83. The van der Waals surface area contributed by atoms with Crippen LogP contribution in [0, 0.1) is 5.92 Å². The van der Waals surface area contributed by atoms with Crippen molar-refractivity contribution in [3.8, 4) is 0 Å². The number of nitrogens with one attached hydrogen (secondary N) is 1. The lowest BCUT2D eigenvalue weighted by atomic mass is 9.85. The maximum Gasteiger partial charge on any atom is 0.391 e. The van der Waals surface area contributed by atoms with Gasteiger partial charge in [-0.1, -0.05) is 12.1 Å². The third kappa shape index (κ3) is 4.95. The minimum absolute atomic E-state index is 0.0523. The Morgan fingerprint density at radius 3 is 2.04 bits per heavy atom. The second-order valence-corrected chi connectivity index (χ2v) is 8.99. The van der Waals surface area contributed by atoms with E-state index in [1.165, 1.54) is 14.1 Å². The van der Waals surface area contributed by atoms with Crippen molar-refractivity contribution in [2.45, 2.75) is 55.8 Å². The van der Waals surface area contributed by atoms with Crippen molar-refractivity contribution < 1.29 is 21.6 Å². The highest BCUT2D eigenvalue weighted by Crippen LogP contribution is 2.37. The summed E-state index contributed by atoms with van der Waals surface area (Å²) < 4.78 is 63.4. The molecule has 0 bridgehead atoms. The van der Waals surface area contributed by atoms with Crippen molar-refractivity contribution in [3.05, 3.63) is 29.8 Å². The van der Waals surface area contributed by atoms with E-state index in [1.54, 1.807) is 24.3 Å². The normalized spacial score (nSPS) is 23.6. The predicted molar refractivity (Wildman–Crippen MR) is 90.7 cm³/mol. The van der Waals surface area contributed by atoms with E-state index in [-0.39, 0.29) is 29.8 Å². The lowest BCUT2D eigenvalue weighted by Crippen LogP contribution is -2.38. The fourth-order valence-corrected chi connectivity index (χ4v) is 4.08. The van der Waals surface area contributed by atoms with Crippen molar-refractivity contribution in [1.82, 2.24) is 9.62 Å². The molecule has 8 heteroatoms.